The van der Waals surface area contributed by atoms with Crippen LogP contribution < -0.4 is 0 Å². The Kier molecular flexibility index (Phi) is 5.49. The van der Waals surface area contributed by atoms with E-state index < -0.39 is 18.9 Å². The number of hydrogen-bond donors (Lipinski definition) is 0. The molecule has 1 heterocycles. The van der Waals surface area contributed by atoms with Crippen LogP contribution in [0.25, 0.3) is 0 Å². The van der Waals surface area contributed by atoms with E-state index in [0.717, 1.165) is 0 Å². The molecule has 0 aliphatic rings. The molecule has 1 aromatic rings. The molecule has 9 heteroatoms. The number of carbonyl (C=O) groups is 1. The van der Waals surface area contributed by atoms with Gasteiger partial charge in [-0.1, -0.05) is 19.1 Å². The van der Waals surface area contributed by atoms with Crippen LogP contribution in [0.5, 0.6) is 0 Å². The van der Waals surface area contributed by atoms with Gasteiger partial charge in [-0.15, -0.1) is 18.3 Å². The van der Waals surface area contributed by atoms with Crippen LogP contribution in [0.4, 0.5) is 13.2 Å². The second kappa shape index (κ2) is 6.69. The summed E-state index contributed by atoms with van der Waals surface area (Å²) in [6.07, 6.45) is -4.69. The largest absolute Gasteiger partial charge is 0.522 e. The maximum absolute atomic E-state index is 11.9. The third-order valence-electron chi connectivity index (χ3n) is 2.36. The van der Waals surface area contributed by atoms with E-state index in [4.69, 9.17) is 4.74 Å². The molecule has 0 saturated heterocycles. The molecule has 0 atom stereocenters. The van der Waals surface area contributed by atoms with Gasteiger partial charge in [0.1, 0.15) is 0 Å². The van der Waals surface area contributed by atoms with Crippen LogP contribution in [0.15, 0.2) is 0 Å². The first-order valence-corrected chi connectivity index (χ1v) is 6.07. The average Bonchev–Trinajstić information content (AvgIpc) is 2.71. The summed E-state index contributed by atoms with van der Waals surface area (Å²) in [7, 11) is 0. The van der Waals surface area contributed by atoms with Gasteiger partial charge < -0.3 is 4.74 Å². The smallest absolute Gasteiger partial charge is 0.461 e. The Labute approximate surface area is 113 Å². The topological polar surface area (TPSA) is 66.2 Å². The number of nitrogens with zero attached hydrogens (tertiary/aromatic N) is 3. The summed E-state index contributed by atoms with van der Waals surface area (Å²) in [5, 5.41) is 7.35. The van der Waals surface area contributed by atoms with Gasteiger partial charge >= 0.3 is 12.3 Å². The van der Waals surface area contributed by atoms with Gasteiger partial charge in [-0.25, -0.2) is 9.48 Å². The van der Waals surface area contributed by atoms with E-state index in [2.05, 4.69) is 15.0 Å². The minimum Gasteiger partial charge on any atom is -0.461 e. The van der Waals surface area contributed by atoms with E-state index in [1.807, 2.05) is 0 Å². The molecule has 0 fully saturated rings. The molecule has 0 bridgehead atoms. The van der Waals surface area contributed by atoms with Crippen molar-refractivity contribution in [2.45, 2.75) is 39.6 Å². The first-order chi connectivity index (χ1) is 9.26. The first kappa shape index (κ1) is 16.4. The van der Waals surface area contributed by atoms with Crippen LogP contribution in [-0.4, -0.2) is 40.5 Å². The highest BCUT2D eigenvalue weighted by Gasteiger charge is 2.29. The van der Waals surface area contributed by atoms with Gasteiger partial charge in [0.05, 0.1) is 25.5 Å². The van der Waals surface area contributed by atoms with E-state index in [0.29, 0.717) is 5.69 Å². The highest BCUT2D eigenvalue weighted by atomic mass is 19.4. The van der Waals surface area contributed by atoms with Crippen molar-refractivity contribution in [2.24, 2.45) is 0 Å². The minimum atomic E-state index is -4.69. The fourth-order valence-corrected chi connectivity index (χ4v) is 1.65. The molecule has 0 spiro atoms. The summed E-state index contributed by atoms with van der Waals surface area (Å²) in [5.74, 6) is -0.783. The fourth-order valence-electron chi connectivity index (χ4n) is 1.65. The number of aromatic nitrogens is 3. The van der Waals surface area contributed by atoms with Crippen molar-refractivity contribution in [3.8, 4) is 0 Å². The normalized spacial score (nSPS) is 11.9. The molecule has 0 radical (unpaired) electrons. The molecule has 114 valence electrons. The second-order valence-corrected chi connectivity index (χ2v) is 4.22. The maximum Gasteiger partial charge on any atom is 0.522 e. The Hall–Kier alpha value is -1.64. The lowest BCUT2D eigenvalue weighted by Crippen LogP contribution is -2.19. The maximum atomic E-state index is 11.9. The molecule has 0 aliphatic heterocycles. The predicted molar refractivity (Wildman–Crippen MR) is 62.1 cm³/mol. The lowest BCUT2D eigenvalue weighted by molar-refractivity contribution is -0.325. The Balaban J connectivity index is 2.84. The first-order valence-electron chi connectivity index (χ1n) is 6.07. The lowest BCUT2D eigenvalue weighted by atomic mass is 10.1. The van der Waals surface area contributed by atoms with Gasteiger partial charge in [-0.2, -0.15) is 0 Å². The van der Waals surface area contributed by atoms with Crippen molar-refractivity contribution >= 4 is 5.97 Å². The van der Waals surface area contributed by atoms with Crippen molar-refractivity contribution < 1.29 is 27.4 Å². The van der Waals surface area contributed by atoms with Crippen molar-refractivity contribution in [1.82, 2.24) is 15.0 Å². The fraction of sp³-hybridized carbons (Fsp3) is 0.727. The van der Waals surface area contributed by atoms with Gasteiger partial charge in [0.2, 0.25) is 0 Å². The van der Waals surface area contributed by atoms with Crippen molar-refractivity contribution in [3.63, 3.8) is 0 Å². The molecular formula is C11H16F3N3O3. The number of carbonyl (C=O) groups excluding carboxylic acids is 1. The summed E-state index contributed by atoms with van der Waals surface area (Å²) in [4.78, 5) is 11.7. The Bertz CT molecular complexity index is 458. The quantitative estimate of drug-likeness (QED) is 0.752. The highest BCUT2D eigenvalue weighted by molar-refractivity contribution is 5.88. The number of esters is 1. The molecular weight excluding hydrogens is 279 g/mol. The van der Waals surface area contributed by atoms with Crippen LogP contribution >= 0.6 is 0 Å². The van der Waals surface area contributed by atoms with Gasteiger partial charge in [-0.3, -0.25) is 4.74 Å². The van der Waals surface area contributed by atoms with Gasteiger partial charge in [0.25, 0.3) is 0 Å². The van der Waals surface area contributed by atoms with E-state index >= 15 is 0 Å². The molecule has 1 aromatic heterocycles. The van der Waals surface area contributed by atoms with Gasteiger partial charge in [0.15, 0.2) is 5.69 Å². The molecule has 0 saturated carbocycles. The zero-order valence-corrected chi connectivity index (χ0v) is 11.4. The zero-order valence-electron chi connectivity index (χ0n) is 11.4. The molecule has 0 aliphatic carbocycles. The number of ether oxygens (including phenoxy) is 2. The van der Waals surface area contributed by atoms with E-state index in [1.54, 1.807) is 20.8 Å². The van der Waals surface area contributed by atoms with Crippen LogP contribution in [0.3, 0.4) is 0 Å². The van der Waals surface area contributed by atoms with Crippen LogP contribution in [-0.2, 0) is 16.0 Å². The minimum absolute atomic E-state index is 0.0221. The van der Waals surface area contributed by atoms with Crippen LogP contribution in [0.2, 0.25) is 0 Å². The molecule has 6 nitrogen and oxygen atoms in total. The standard InChI is InChI=1S/C11H16F3N3O3/c1-4-19-10(18)8-9(7(2)3)17(16-15-8)5-6-20-11(12,13)14/h7H,4-6H2,1-3H3. The Morgan fingerprint density at radius 1 is 1.40 bits per heavy atom. The van der Waals surface area contributed by atoms with E-state index in [-0.39, 0.29) is 24.8 Å². The monoisotopic (exact) mass is 295 g/mol. The molecule has 0 amide bonds. The van der Waals surface area contributed by atoms with Gasteiger partial charge in [0, 0.05) is 0 Å². The summed E-state index contributed by atoms with van der Waals surface area (Å²) in [6.45, 7) is 4.63. The molecule has 20 heavy (non-hydrogen) atoms. The van der Waals surface area contributed by atoms with Crippen LogP contribution in [0.1, 0.15) is 42.9 Å². The van der Waals surface area contributed by atoms with Crippen LogP contribution in [0, 0.1) is 0 Å². The molecule has 0 unspecified atom stereocenters. The Morgan fingerprint density at radius 2 is 2.05 bits per heavy atom. The SMILES string of the molecule is CCOC(=O)c1nnn(CCOC(F)(F)F)c1C(C)C. The third-order valence-corrected chi connectivity index (χ3v) is 2.36. The Morgan fingerprint density at radius 3 is 2.55 bits per heavy atom. The van der Waals surface area contributed by atoms with Gasteiger partial charge in [-0.05, 0) is 12.8 Å². The third kappa shape index (κ3) is 4.48. The number of alkyl halides is 3. The second-order valence-electron chi connectivity index (χ2n) is 4.22. The number of hydrogen-bond acceptors (Lipinski definition) is 5. The summed E-state index contributed by atoms with van der Waals surface area (Å²) in [6, 6.07) is 0. The molecule has 0 aromatic carbocycles. The summed E-state index contributed by atoms with van der Waals surface area (Å²) >= 11 is 0. The molecule has 0 N–H and O–H groups in total. The average molecular weight is 295 g/mol. The number of rotatable bonds is 6. The lowest BCUT2D eigenvalue weighted by Gasteiger charge is -2.11. The molecule has 1 rings (SSSR count). The highest BCUT2D eigenvalue weighted by Crippen LogP contribution is 2.20. The summed E-state index contributed by atoms with van der Waals surface area (Å²) < 4.78 is 45.5. The summed E-state index contributed by atoms with van der Waals surface area (Å²) in [5.41, 5.74) is 0.447. The van der Waals surface area contributed by atoms with Crippen molar-refractivity contribution in [1.29, 1.82) is 0 Å². The van der Waals surface area contributed by atoms with E-state index in [1.165, 1.54) is 4.68 Å². The van der Waals surface area contributed by atoms with Crippen molar-refractivity contribution in [3.05, 3.63) is 11.4 Å². The van der Waals surface area contributed by atoms with E-state index in [9.17, 15) is 18.0 Å². The predicted octanol–water partition coefficient (Wildman–Crippen LogP) is 2.11. The zero-order chi connectivity index (χ0) is 15.3. The number of halogens is 3. The van der Waals surface area contributed by atoms with Crippen molar-refractivity contribution in [2.75, 3.05) is 13.2 Å².